The third-order valence-electron chi connectivity index (χ3n) is 2.02. The van der Waals surface area contributed by atoms with Gasteiger partial charge >= 0.3 is 5.97 Å². The summed E-state index contributed by atoms with van der Waals surface area (Å²) in [7, 11) is 1.42. The first kappa shape index (κ1) is 12.9. The van der Waals surface area contributed by atoms with Gasteiger partial charge < -0.3 is 4.74 Å². The van der Waals surface area contributed by atoms with Gasteiger partial charge in [-0.05, 0) is 33.1 Å². The van der Waals surface area contributed by atoms with Gasteiger partial charge in [0, 0.05) is 6.42 Å². The van der Waals surface area contributed by atoms with Crippen LogP contribution in [0.3, 0.4) is 0 Å². The van der Waals surface area contributed by atoms with E-state index in [1.165, 1.54) is 18.3 Å². The van der Waals surface area contributed by atoms with Crippen LogP contribution in [0.25, 0.3) is 0 Å². The van der Waals surface area contributed by atoms with E-state index in [9.17, 15) is 4.79 Å². The lowest BCUT2D eigenvalue weighted by Gasteiger charge is -2.00. The standard InChI is InChI=1S/C12H20O2/c1-10(2)6-5-7-11(3)8-9-12(13)14-4/h7H,1,5-6,8-9H2,2-4H3. The summed E-state index contributed by atoms with van der Waals surface area (Å²) >= 11 is 0. The van der Waals surface area contributed by atoms with E-state index in [-0.39, 0.29) is 5.97 Å². The van der Waals surface area contributed by atoms with Crippen LogP contribution in [0.15, 0.2) is 23.8 Å². The minimum Gasteiger partial charge on any atom is -0.469 e. The van der Waals surface area contributed by atoms with Crippen molar-refractivity contribution in [3.8, 4) is 0 Å². The van der Waals surface area contributed by atoms with E-state index in [1.54, 1.807) is 0 Å². The molecule has 0 bridgehead atoms. The highest BCUT2D eigenvalue weighted by atomic mass is 16.5. The molecule has 14 heavy (non-hydrogen) atoms. The third-order valence-corrected chi connectivity index (χ3v) is 2.02. The van der Waals surface area contributed by atoms with Crippen LogP contribution in [0.4, 0.5) is 0 Å². The van der Waals surface area contributed by atoms with Gasteiger partial charge in [0.2, 0.25) is 0 Å². The maximum atomic E-state index is 10.8. The van der Waals surface area contributed by atoms with Crippen LogP contribution in [0.1, 0.15) is 39.5 Å². The normalized spacial score (nSPS) is 11.2. The van der Waals surface area contributed by atoms with Gasteiger partial charge in [0.15, 0.2) is 0 Å². The molecule has 0 aromatic rings. The first-order chi connectivity index (χ1) is 6.56. The van der Waals surface area contributed by atoms with Crippen molar-refractivity contribution in [2.75, 3.05) is 7.11 Å². The summed E-state index contributed by atoms with van der Waals surface area (Å²) in [6, 6.07) is 0. The molecule has 2 nitrogen and oxygen atoms in total. The zero-order chi connectivity index (χ0) is 11.0. The van der Waals surface area contributed by atoms with Crippen LogP contribution in [0.2, 0.25) is 0 Å². The van der Waals surface area contributed by atoms with Crippen molar-refractivity contribution < 1.29 is 9.53 Å². The summed E-state index contributed by atoms with van der Waals surface area (Å²) in [5.74, 6) is -0.141. The predicted octanol–water partition coefficient (Wildman–Crippen LogP) is 3.24. The van der Waals surface area contributed by atoms with Gasteiger partial charge in [-0.15, -0.1) is 6.58 Å². The van der Waals surface area contributed by atoms with Crippen molar-refractivity contribution in [3.05, 3.63) is 23.8 Å². The molecular formula is C12H20O2. The first-order valence-corrected chi connectivity index (χ1v) is 4.93. The molecule has 2 heteroatoms. The summed E-state index contributed by atoms with van der Waals surface area (Å²) in [5, 5.41) is 0. The van der Waals surface area contributed by atoms with E-state index < -0.39 is 0 Å². The Bertz CT molecular complexity index is 226. The van der Waals surface area contributed by atoms with E-state index in [4.69, 9.17) is 0 Å². The highest BCUT2D eigenvalue weighted by Crippen LogP contribution is 2.09. The quantitative estimate of drug-likeness (QED) is 0.481. The second kappa shape index (κ2) is 7.36. The molecule has 0 heterocycles. The Morgan fingerprint density at radius 1 is 1.29 bits per heavy atom. The Hall–Kier alpha value is -1.05. The molecule has 80 valence electrons. The van der Waals surface area contributed by atoms with E-state index in [2.05, 4.69) is 17.4 Å². The number of hydrogen-bond donors (Lipinski definition) is 0. The van der Waals surface area contributed by atoms with Crippen LogP contribution in [-0.4, -0.2) is 13.1 Å². The number of methoxy groups -OCH3 is 1. The number of allylic oxidation sites excluding steroid dienone is 3. The fourth-order valence-electron chi connectivity index (χ4n) is 1.07. The number of ether oxygens (including phenoxy) is 1. The summed E-state index contributed by atoms with van der Waals surface area (Å²) in [6.45, 7) is 7.90. The Balaban J connectivity index is 3.67. The van der Waals surface area contributed by atoms with Crippen LogP contribution in [0.5, 0.6) is 0 Å². The van der Waals surface area contributed by atoms with Gasteiger partial charge in [-0.2, -0.15) is 0 Å². The van der Waals surface area contributed by atoms with Crippen LogP contribution < -0.4 is 0 Å². The number of esters is 1. The van der Waals surface area contributed by atoms with Gasteiger partial charge in [0.05, 0.1) is 7.11 Å². The fraction of sp³-hybridized carbons (Fsp3) is 0.583. The largest absolute Gasteiger partial charge is 0.469 e. The molecule has 0 amide bonds. The second-order valence-corrected chi connectivity index (χ2v) is 3.62. The molecule has 0 aliphatic carbocycles. The SMILES string of the molecule is C=C(C)CCC=C(C)CCC(=O)OC. The number of rotatable bonds is 6. The topological polar surface area (TPSA) is 26.3 Å². The van der Waals surface area contributed by atoms with Gasteiger partial charge in [-0.3, -0.25) is 4.79 Å². The Morgan fingerprint density at radius 3 is 2.43 bits per heavy atom. The summed E-state index contributed by atoms with van der Waals surface area (Å²) in [4.78, 5) is 10.8. The summed E-state index contributed by atoms with van der Waals surface area (Å²) in [6.07, 6.45) is 5.48. The van der Waals surface area contributed by atoms with Crippen molar-refractivity contribution in [1.29, 1.82) is 0 Å². The van der Waals surface area contributed by atoms with E-state index in [1.807, 2.05) is 13.8 Å². The molecular weight excluding hydrogens is 176 g/mol. The van der Waals surface area contributed by atoms with Crippen molar-refractivity contribution in [2.45, 2.75) is 39.5 Å². The van der Waals surface area contributed by atoms with Crippen LogP contribution in [-0.2, 0) is 9.53 Å². The number of hydrogen-bond acceptors (Lipinski definition) is 2. The molecule has 0 N–H and O–H groups in total. The minimum absolute atomic E-state index is 0.141. The molecule has 0 fully saturated rings. The molecule has 0 rings (SSSR count). The van der Waals surface area contributed by atoms with Crippen LogP contribution in [0, 0.1) is 0 Å². The lowest BCUT2D eigenvalue weighted by atomic mass is 10.1. The minimum atomic E-state index is -0.141. The van der Waals surface area contributed by atoms with Crippen LogP contribution >= 0.6 is 0 Å². The van der Waals surface area contributed by atoms with Crippen molar-refractivity contribution in [1.82, 2.24) is 0 Å². The maximum Gasteiger partial charge on any atom is 0.305 e. The molecule has 0 spiro atoms. The highest BCUT2D eigenvalue weighted by molar-refractivity contribution is 5.69. The average Bonchev–Trinajstić information content (AvgIpc) is 2.13. The van der Waals surface area contributed by atoms with Gasteiger partial charge in [0.25, 0.3) is 0 Å². The Morgan fingerprint density at radius 2 is 1.93 bits per heavy atom. The zero-order valence-electron chi connectivity index (χ0n) is 9.43. The number of carbonyl (C=O) groups excluding carboxylic acids is 1. The molecule has 0 radical (unpaired) electrons. The van der Waals surface area contributed by atoms with Gasteiger partial charge in [-0.1, -0.05) is 17.2 Å². The van der Waals surface area contributed by atoms with Gasteiger partial charge in [0.1, 0.15) is 0 Å². The van der Waals surface area contributed by atoms with Crippen molar-refractivity contribution in [2.24, 2.45) is 0 Å². The zero-order valence-corrected chi connectivity index (χ0v) is 9.43. The molecule has 0 saturated carbocycles. The lowest BCUT2D eigenvalue weighted by molar-refractivity contribution is -0.140. The molecule has 0 aromatic carbocycles. The molecule has 0 unspecified atom stereocenters. The Labute approximate surface area is 86.6 Å². The predicted molar refractivity (Wildman–Crippen MR) is 59.1 cm³/mol. The van der Waals surface area contributed by atoms with Crippen molar-refractivity contribution >= 4 is 5.97 Å². The molecule has 0 aliphatic rings. The van der Waals surface area contributed by atoms with Crippen molar-refractivity contribution in [3.63, 3.8) is 0 Å². The average molecular weight is 196 g/mol. The molecule has 0 saturated heterocycles. The fourth-order valence-corrected chi connectivity index (χ4v) is 1.07. The summed E-state index contributed by atoms with van der Waals surface area (Å²) in [5.41, 5.74) is 2.44. The number of carbonyl (C=O) groups is 1. The monoisotopic (exact) mass is 196 g/mol. The van der Waals surface area contributed by atoms with E-state index >= 15 is 0 Å². The molecule has 0 aliphatic heterocycles. The van der Waals surface area contributed by atoms with E-state index in [0.29, 0.717) is 6.42 Å². The molecule has 0 aromatic heterocycles. The highest BCUT2D eigenvalue weighted by Gasteiger charge is 1.99. The summed E-state index contributed by atoms with van der Waals surface area (Å²) < 4.78 is 4.56. The van der Waals surface area contributed by atoms with E-state index in [0.717, 1.165) is 19.3 Å². The maximum absolute atomic E-state index is 10.8. The smallest absolute Gasteiger partial charge is 0.305 e. The Kier molecular flexibility index (Phi) is 6.81. The third kappa shape index (κ3) is 7.59. The lowest BCUT2D eigenvalue weighted by Crippen LogP contribution is -1.99. The second-order valence-electron chi connectivity index (χ2n) is 3.62. The molecule has 0 atom stereocenters. The van der Waals surface area contributed by atoms with Gasteiger partial charge in [-0.25, -0.2) is 0 Å². The first-order valence-electron chi connectivity index (χ1n) is 4.93.